The van der Waals surface area contributed by atoms with Gasteiger partial charge in [-0.3, -0.25) is 28.8 Å². The van der Waals surface area contributed by atoms with Crippen molar-refractivity contribution in [2.75, 3.05) is 88.8 Å². The van der Waals surface area contributed by atoms with Gasteiger partial charge in [-0.25, -0.2) is 16.8 Å². The molecule has 0 aliphatic carbocycles. The van der Waals surface area contributed by atoms with Gasteiger partial charge in [0.2, 0.25) is 0 Å². The van der Waals surface area contributed by atoms with Gasteiger partial charge in [-0.1, -0.05) is 30.3 Å². The Labute approximate surface area is 314 Å². The van der Waals surface area contributed by atoms with Crippen LogP contribution in [0, 0.1) is 20.2 Å². The van der Waals surface area contributed by atoms with E-state index in [1.54, 1.807) is 13.8 Å². The van der Waals surface area contributed by atoms with Gasteiger partial charge in [0.1, 0.15) is 0 Å². The van der Waals surface area contributed by atoms with Crippen LogP contribution in [0.25, 0.3) is 0 Å². The molecule has 0 aromatic heterocycles. The van der Waals surface area contributed by atoms with Gasteiger partial charge in [-0.2, -0.15) is 0 Å². The van der Waals surface area contributed by atoms with Gasteiger partial charge >= 0.3 is 0 Å². The smallest absolute Gasteiger partial charge is 0.289 e. The number of anilines is 2. The molecule has 0 fully saturated rings. The number of nitro benzene ring substituents is 2. The minimum absolute atomic E-state index is 0.0691. The highest BCUT2D eigenvalue weighted by Gasteiger charge is 2.36. The number of rotatable bonds is 26. The third kappa shape index (κ3) is 12.4. The molecule has 18 nitrogen and oxygen atoms in total. The summed E-state index contributed by atoms with van der Waals surface area (Å²) < 4.78 is 91.5. The molecule has 0 amide bonds. The summed E-state index contributed by atoms with van der Waals surface area (Å²) in [6.45, 7) is 4.39. The zero-order valence-electron chi connectivity index (χ0n) is 30.5. The van der Waals surface area contributed by atoms with Crippen molar-refractivity contribution in [2.45, 2.75) is 35.8 Å². The van der Waals surface area contributed by atoms with Crippen LogP contribution in [-0.4, -0.2) is 119 Å². The molecule has 0 N–H and O–H groups in total. The summed E-state index contributed by atoms with van der Waals surface area (Å²) in [5.74, 6) is 0. The lowest BCUT2D eigenvalue weighted by Gasteiger charge is -2.30. The first-order valence-electron chi connectivity index (χ1n) is 16.7. The highest BCUT2D eigenvalue weighted by atomic mass is 32.2. The summed E-state index contributed by atoms with van der Waals surface area (Å²) >= 11 is 0. The summed E-state index contributed by atoms with van der Waals surface area (Å²) in [5.41, 5.74) is -1.48. The average molecular weight is 799 g/mol. The Hall–Kier alpha value is -4.28. The molecule has 0 aliphatic rings. The Morgan fingerprint density at radius 2 is 0.944 bits per heavy atom. The van der Waals surface area contributed by atoms with Crippen molar-refractivity contribution in [3.63, 3.8) is 0 Å². The van der Waals surface area contributed by atoms with E-state index in [2.05, 4.69) is 0 Å². The molecule has 298 valence electrons. The predicted molar refractivity (Wildman–Crippen MR) is 198 cm³/mol. The second-order valence-corrected chi connectivity index (χ2v) is 15.3. The van der Waals surface area contributed by atoms with Crippen molar-refractivity contribution in [1.29, 1.82) is 0 Å². The van der Waals surface area contributed by atoms with Gasteiger partial charge in [0.25, 0.3) is 31.4 Å². The number of methoxy groups -OCH3 is 2. The van der Waals surface area contributed by atoms with E-state index in [9.17, 15) is 37.1 Å². The standard InChI is InChI=1S/C34H46N4O14S2/c1-27(51-22-20-49-18-16-47-3)25-35(53(43,44)33-14-7-5-12-31(33)37(39)40)29-10-9-11-30(24-29)36(26-28(2)52-23-21-50-19-17-48-4)54(45,46)34-15-8-6-13-32(34)38(41)42/h5-15,24,27-28H,16-23,25-26H2,1-4H3/t27-,28-/m0/s1. The van der Waals surface area contributed by atoms with Crippen molar-refractivity contribution < 1.29 is 55.1 Å². The fourth-order valence-corrected chi connectivity index (χ4v) is 8.44. The average Bonchev–Trinajstić information content (AvgIpc) is 3.15. The Kier molecular flexibility index (Phi) is 17.6. The molecule has 0 unspecified atom stereocenters. The van der Waals surface area contributed by atoms with Crippen LogP contribution in [0.3, 0.4) is 0 Å². The molecule has 0 saturated carbocycles. The molecule has 0 spiro atoms. The zero-order chi connectivity index (χ0) is 39.7. The Balaban J connectivity index is 2.10. The van der Waals surface area contributed by atoms with Gasteiger partial charge in [-0.05, 0) is 44.2 Å². The van der Waals surface area contributed by atoms with Crippen LogP contribution in [0.1, 0.15) is 13.8 Å². The second-order valence-electron chi connectivity index (χ2n) is 11.6. The maximum atomic E-state index is 14.3. The molecule has 0 bridgehead atoms. The molecule has 3 aromatic rings. The highest BCUT2D eigenvalue weighted by Crippen LogP contribution is 2.35. The number of sulfonamides is 2. The molecule has 2 atom stereocenters. The van der Waals surface area contributed by atoms with Gasteiger partial charge in [0, 0.05) is 26.4 Å². The van der Waals surface area contributed by atoms with E-state index in [0.29, 0.717) is 26.4 Å². The van der Waals surface area contributed by atoms with Crippen molar-refractivity contribution >= 4 is 42.8 Å². The highest BCUT2D eigenvalue weighted by molar-refractivity contribution is 7.93. The monoisotopic (exact) mass is 798 g/mol. The van der Waals surface area contributed by atoms with Crippen LogP contribution in [0.4, 0.5) is 22.7 Å². The van der Waals surface area contributed by atoms with Gasteiger partial charge in [-0.15, -0.1) is 0 Å². The molecule has 3 rings (SSSR count). The quantitative estimate of drug-likeness (QED) is 0.0637. The van der Waals surface area contributed by atoms with Crippen LogP contribution < -0.4 is 8.61 Å². The summed E-state index contributed by atoms with van der Waals surface area (Å²) in [6.07, 6.45) is -1.58. The summed E-state index contributed by atoms with van der Waals surface area (Å²) in [6, 6.07) is 15.1. The van der Waals surface area contributed by atoms with E-state index in [1.165, 1.54) is 62.8 Å². The third-order valence-electron chi connectivity index (χ3n) is 7.64. The van der Waals surface area contributed by atoms with Crippen molar-refractivity contribution in [3.8, 4) is 0 Å². The Morgan fingerprint density at radius 3 is 1.31 bits per heavy atom. The van der Waals surface area contributed by atoms with Gasteiger partial charge in [0.05, 0.1) is 99.4 Å². The molecule has 3 aromatic carbocycles. The van der Waals surface area contributed by atoms with Gasteiger partial charge < -0.3 is 28.4 Å². The first-order chi connectivity index (χ1) is 25.7. The number of nitrogens with zero attached hydrogens (tertiary/aromatic N) is 4. The molecule has 0 radical (unpaired) electrons. The first kappa shape index (κ1) is 44.1. The van der Waals surface area contributed by atoms with Crippen molar-refractivity contribution in [1.82, 2.24) is 0 Å². The number of hydrogen-bond acceptors (Lipinski definition) is 14. The normalized spacial score (nSPS) is 13.0. The molecule has 0 heterocycles. The summed E-state index contributed by atoms with van der Waals surface area (Å²) in [4.78, 5) is 21.0. The molecular weight excluding hydrogens is 753 g/mol. The maximum absolute atomic E-state index is 14.3. The Bertz CT molecular complexity index is 1750. The van der Waals surface area contributed by atoms with Gasteiger partial charge in [0.15, 0.2) is 9.79 Å². The minimum atomic E-state index is -4.70. The van der Waals surface area contributed by atoms with Crippen LogP contribution in [0.5, 0.6) is 0 Å². The first-order valence-corrected chi connectivity index (χ1v) is 19.6. The van der Waals surface area contributed by atoms with E-state index in [4.69, 9.17) is 28.4 Å². The Morgan fingerprint density at radius 1 is 0.574 bits per heavy atom. The van der Waals surface area contributed by atoms with E-state index < -0.39 is 63.3 Å². The fourth-order valence-electron chi connectivity index (χ4n) is 5.06. The topological polar surface area (TPSA) is 216 Å². The predicted octanol–water partition coefficient (Wildman–Crippen LogP) is 4.03. The lowest BCUT2D eigenvalue weighted by molar-refractivity contribution is -0.388. The lowest BCUT2D eigenvalue weighted by atomic mass is 10.2. The summed E-state index contributed by atoms with van der Waals surface area (Å²) in [7, 11) is -6.35. The minimum Gasteiger partial charge on any atom is -0.382 e. The van der Waals surface area contributed by atoms with Crippen molar-refractivity contribution in [2.24, 2.45) is 0 Å². The largest absolute Gasteiger partial charge is 0.382 e. The lowest BCUT2D eigenvalue weighted by Crippen LogP contribution is -2.40. The SMILES string of the molecule is COCCOCCO[C@@H](C)CN(c1cccc(N(C[C@H](C)OCCOCCOC)S(=O)(=O)c2ccccc2[N+](=O)[O-])c1)S(=O)(=O)c1ccccc1[N+](=O)[O-]. The van der Waals surface area contributed by atoms with Crippen LogP contribution in [0.2, 0.25) is 0 Å². The van der Waals surface area contributed by atoms with Crippen LogP contribution in [-0.2, 0) is 48.5 Å². The van der Waals surface area contributed by atoms with Crippen LogP contribution in [0.15, 0.2) is 82.6 Å². The van der Waals surface area contributed by atoms with E-state index in [1.807, 2.05) is 0 Å². The number of hydrogen-bond donors (Lipinski definition) is 0. The third-order valence-corrected chi connectivity index (χ3v) is 11.3. The molecule has 0 aliphatic heterocycles. The number of benzene rings is 3. The molecular formula is C34H46N4O14S2. The molecule has 20 heteroatoms. The number of nitro groups is 2. The number of ether oxygens (including phenoxy) is 6. The van der Waals surface area contributed by atoms with Crippen LogP contribution >= 0.6 is 0 Å². The second kappa shape index (κ2) is 21.6. The van der Waals surface area contributed by atoms with E-state index in [-0.39, 0.29) is 50.9 Å². The fraction of sp³-hybridized carbons (Fsp3) is 0.471. The molecule has 0 saturated heterocycles. The van der Waals surface area contributed by atoms with E-state index in [0.717, 1.165) is 32.9 Å². The van der Waals surface area contributed by atoms with Crippen molar-refractivity contribution in [3.05, 3.63) is 93.0 Å². The number of para-hydroxylation sites is 2. The zero-order valence-corrected chi connectivity index (χ0v) is 32.1. The molecule has 54 heavy (non-hydrogen) atoms. The maximum Gasteiger partial charge on any atom is 0.289 e. The van der Waals surface area contributed by atoms with E-state index >= 15 is 0 Å². The summed E-state index contributed by atoms with van der Waals surface area (Å²) in [5, 5.41) is 23.9.